The van der Waals surface area contributed by atoms with E-state index in [2.05, 4.69) is 5.32 Å². The van der Waals surface area contributed by atoms with Gasteiger partial charge in [0.15, 0.2) is 11.6 Å². The number of halogens is 2. The van der Waals surface area contributed by atoms with Gasteiger partial charge in [0.25, 0.3) is 0 Å². The van der Waals surface area contributed by atoms with Crippen molar-refractivity contribution in [1.82, 2.24) is 0 Å². The molecular formula is C12H15F2NO3. The highest BCUT2D eigenvalue weighted by molar-refractivity contribution is 5.86. The number of phenolic OH excluding ortho intramolecular Hbond substituents is 1. The summed E-state index contributed by atoms with van der Waals surface area (Å²) < 4.78 is 31.6. The molecule has 18 heavy (non-hydrogen) atoms. The number of carbonyl (C=O) groups is 1. The van der Waals surface area contributed by atoms with Crippen LogP contribution in [0.15, 0.2) is 6.07 Å². The Morgan fingerprint density at radius 3 is 2.39 bits per heavy atom. The Morgan fingerprint density at radius 1 is 1.33 bits per heavy atom. The van der Waals surface area contributed by atoms with Crippen molar-refractivity contribution in [2.45, 2.75) is 33.3 Å². The minimum atomic E-state index is -1.41. The molecule has 1 aromatic carbocycles. The molecule has 0 fully saturated rings. The maximum absolute atomic E-state index is 13.5. The summed E-state index contributed by atoms with van der Waals surface area (Å²) >= 11 is 0. The molecule has 100 valence electrons. The van der Waals surface area contributed by atoms with E-state index in [4.69, 9.17) is 9.84 Å². The van der Waals surface area contributed by atoms with Gasteiger partial charge in [-0.1, -0.05) is 0 Å². The molecule has 0 saturated carbocycles. The fourth-order valence-corrected chi connectivity index (χ4v) is 1.30. The Morgan fingerprint density at radius 2 is 1.89 bits per heavy atom. The summed E-state index contributed by atoms with van der Waals surface area (Å²) in [4.78, 5) is 11.4. The van der Waals surface area contributed by atoms with Crippen LogP contribution in [0.3, 0.4) is 0 Å². The summed E-state index contributed by atoms with van der Waals surface area (Å²) in [6, 6.07) is 1.02. The number of amides is 1. The van der Waals surface area contributed by atoms with Crippen LogP contribution in [-0.2, 0) is 4.74 Å². The van der Waals surface area contributed by atoms with E-state index in [1.807, 2.05) is 0 Å². The average molecular weight is 259 g/mol. The van der Waals surface area contributed by atoms with E-state index in [0.29, 0.717) is 0 Å². The zero-order valence-corrected chi connectivity index (χ0v) is 10.6. The van der Waals surface area contributed by atoms with Crippen LogP contribution in [-0.4, -0.2) is 16.8 Å². The number of hydrogen-bond donors (Lipinski definition) is 2. The number of phenols is 1. The fourth-order valence-electron chi connectivity index (χ4n) is 1.30. The van der Waals surface area contributed by atoms with Gasteiger partial charge < -0.3 is 9.84 Å². The molecule has 0 aromatic heterocycles. The molecule has 0 spiro atoms. The van der Waals surface area contributed by atoms with E-state index in [9.17, 15) is 13.6 Å². The first-order chi connectivity index (χ1) is 8.11. The first-order valence-corrected chi connectivity index (χ1v) is 5.29. The van der Waals surface area contributed by atoms with Crippen molar-refractivity contribution in [3.8, 4) is 5.75 Å². The van der Waals surface area contributed by atoms with Crippen LogP contribution in [0.25, 0.3) is 0 Å². The monoisotopic (exact) mass is 259 g/mol. The number of aryl methyl sites for hydroxylation is 1. The lowest BCUT2D eigenvalue weighted by Crippen LogP contribution is -2.27. The van der Waals surface area contributed by atoms with Crippen molar-refractivity contribution in [3.05, 3.63) is 23.3 Å². The summed E-state index contributed by atoms with van der Waals surface area (Å²) in [7, 11) is 0. The van der Waals surface area contributed by atoms with E-state index in [1.165, 1.54) is 6.92 Å². The van der Waals surface area contributed by atoms with Crippen LogP contribution in [0, 0.1) is 18.6 Å². The maximum atomic E-state index is 13.5. The Balaban J connectivity index is 2.99. The van der Waals surface area contributed by atoms with Crippen LogP contribution in [0.5, 0.6) is 5.75 Å². The second kappa shape index (κ2) is 4.80. The molecule has 0 aliphatic carbocycles. The van der Waals surface area contributed by atoms with Crippen LogP contribution >= 0.6 is 0 Å². The molecule has 0 aliphatic heterocycles. The largest absolute Gasteiger partial charge is 0.505 e. The standard InChI is InChI=1S/C12H15F2NO3/c1-6-5-7(16)8(13)9(14)10(6)15-11(17)18-12(2,3)4/h5,16H,1-4H3,(H,15,17). The van der Waals surface area contributed by atoms with Crippen molar-refractivity contribution in [2.24, 2.45) is 0 Å². The molecule has 0 unspecified atom stereocenters. The van der Waals surface area contributed by atoms with Crippen LogP contribution < -0.4 is 5.32 Å². The molecule has 1 rings (SSSR count). The number of rotatable bonds is 1. The molecule has 0 saturated heterocycles. The van der Waals surface area contributed by atoms with Gasteiger partial charge in [0, 0.05) is 0 Å². The number of aromatic hydroxyl groups is 1. The van der Waals surface area contributed by atoms with Crippen molar-refractivity contribution in [1.29, 1.82) is 0 Å². The third kappa shape index (κ3) is 3.32. The lowest BCUT2D eigenvalue weighted by atomic mass is 10.1. The van der Waals surface area contributed by atoms with E-state index in [-0.39, 0.29) is 11.3 Å². The highest BCUT2D eigenvalue weighted by atomic mass is 19.2. The first kappa shape index (κ1) is 14.2. The van der Waals surface area contributed by atoms with Gasteiger partial charge in [0.1, 0.15) is 5.60 Å². The van der Waals surface area contributed by atoms with Gasteiger partial charge in [0.05, 0.1) is 5.69 Å². The smallest absolute Gasteiger partial charge is 0.412 e. The minimum absolute atomic E-state index is 0.192. The molecule has 4 nitrogen and oxygen atoms in total. The molecule has 1 aromatic rings. The zero-order valence-electron chi connectivity index (χ0n) is 10.6. The molecule has 0 heterocycles. The second-order valence-electron chi connectivity index (χ2n) is 4.84. The molecule has 2 N–H and O–H groups in total. The summed E-state index contributed by atoms with van der Waals surface area (Å²) in [5.41, 5.74) is -0.902. The van der Waals surface area contributed by atoms with Crippen LogP contribution in [0.4, 0.5) is 19.3 Å². The van der Waals surface area contributed by atoms with Gasteiger partial charge in [0.2, 0.25) is 5.82 Å². The lowest BCUT2D eigenvalue weighted by molar-refractivity contribution is 0.0635. The van der Waals surface area contributed by atoms with Crippen molar-refractivity contribution in [2.75, 3.05) is 5.32 Å². The van der Waals surface area contributed by atoms with Crippen LogP contribution in [0.2, 0.25) is 0 Å². The van der Waals surface area contributed by atoms with Crippen molar-refractivity contribution in [3.63, 3.8) is 0 Å². The topological polar surface area (TPSA) is 58.6 Å². The summed E-state index contributed by atoms with van der Waals surface area (Å²) in [5, 5.41) is 11.2. The molecule has 0 aliphatic rings. The summed E-state index contributed by atoms with van der Waals surface area (Å²) in [6.07, 6.45) is -0.894. The molecular weight excluding hydrogens is 244 g/mol. The van der Waals surface area contributed by atoms with E-state index in [0.717, 1.165) is 6.07 Å². The number of anilines is 1. The van der Waals surface area contributed by atoms with E-state index < -0.39 is 29.1 Å². The highest BCUT2D eigenvalue weighted by Gasteiger charge is 2.21. The molecule has 0 radical (unpaired) electrons. The predicted octanol–water partition coefficient (Wildman–Crippen LogP) is 3.33. The maximum Gasteiger partial charge on any atom is 0.412 e. The second-order valence-corrected chi connectivity index (χ2v) is 4.84. The van der Waals surface area contributed by atoms with Gasteiger partial charge in [-0.3, -0.25) is 5.32 Å². The van der Waals surface area contributed by atoms with E-state index >= 15 is 0 Å². The number of benzene rings is 1. The average Bonchev–Trinajstić information content (AvgIpc) is 2.19. The minimum Gasteiger partial charge on any atom is -0.505 e. The quantitative estimate of drug-likeness (QED) is 0.760. The van der Waals surface area contributed by atoms with Crippen LogP contribution in [0.1, 0.15) is 26.3 Å². The number of ether oxygens (including phenoxy) is 1. The van der Waals surface area contributed by atoms with Crippen molar-refractivity contribution >= 4 is 11.8 Å². The molecule has 6 heteroatoms. The van der Waals surface area contributed by atoms with E-state index in [1.54, 1.807) is 20.8 Å². The third-order valence-electron chi connectivity index (χ3n) is 2.01. The van der Waals surface area contributed by atoms with Gasteiger partial charge >= 0.3 is 6.09 Å². The zero-order chi connectivity index (χ0) is 14.1. The number of nitrogens with one attached hydrogen (secondary N) is 1. The molecule has 0 bridgehead atoms. The van der Waals surface area contributed by atoms with Gasteiger partial charge in [-0.2, -0.15) is 4.39 Å². The van der Waals surface area contributed by atoms with Crippen molar-refractivity contribution < 1.29 is 23.4 Å². The summed E-state index contributed by atoms with van der Waals surface area (Å²) in [6.45, 7) is 6.36. The normalized spacial score (nSPS) is 11.2. The Hall–Kier alpha value is -1.85. The molecule has 1 amide bonds. The third-order valence-corrected chi connectivity index (χ3v) is 2.01. The number of hydrogen-bond acceptors (Lipinski definition) is 3. The number of carbonyl (C=O) groups excluding carboxylic acids is 1. The van der Waals surface area contributed by atoms with Gasteiger partial charge in [-0.25, -0.2) is 9.18 Å². The predicted molar refractivity (Wildman–Crippen MR) is 62.6 cm³/mol. The first-order valence-electron chi connectivity index (χ1n) is 5.29. The Kier molecular flexibility index (Phi) is 3.79. The molecule has 0 atom stereocenters. The highest BCUT2D eigenvalue weighted by Crippen LogP contribution is 2.29. The SMILES string of the molecule is Cc1cc(O)c(F)c(F)c1NC(=O)OC(C)(C)C. The Labute approximate surface area is 104 Å². The summed E-state index contributed by atoms with van der Waals surface area (Å²) in [5.74, 6) is -3.54. The Bertz CT molecular complexity index is 481. The van der Waals surface area contributed by atoms with Gasteiger partial charge in [-0.15, -0.1) is 0 Å². The fraction of sp³-hybridized carbons (Fsp3) is 0.417. The van der Waals surface area contributed by atoms with Gasteiger partial charge in [-0.05, 0) is 39.3 Å². The lowest BCUT2D eigenvalue weighted by Gasteiger charge is -2.20.